The van der Waals surface area contributed by atoms with Crippen molar-refractivity contribution in [3.05, 3.63) is 0 Å². The predicted octanol–water partition coefficient (Wildman–Crippen LogP) is -0.169. The number of aliphatic hydroxyl groups excluding tert-OH is 1. The van der Waals surface area contributed by atoms with Crippen LogP contribution in [0.25, 0.3) is 0 Å². The monoisotopic (exact) mass is 227 g/mol. The number of halogens is 1. The first-order valence-electron chi connectivity index (χ1n) is 2.69. The molecule has 0 aliphatic rings. The Kier molecular flexibility index (Phi) is 10.0. The molecule has 0 aromatic carbocycles. The molecule has 0 aromatic rings. The number of rotatable bonds is 4. The van der Waals surface area contributed by atoms with Crippen molar-refractivity contribution in [2.45, 2.75) is 18.3 Å². The molecule has 7 heteroatoms. The molecule has 1 atom stereocenters. The van der Waals surface area contributed by atoms with Gasteiger partial charge in [0.25, 0.3) is 10.1 Å². The quantitative estimate of drug-likeness (QED) is 0.397. The van der Waals surface area contributed by atoms with E-state index in [2.05, 4.69) is 0 Å². The van der Waals surface area contributed by atoms with Crippen LogP contribution in [0.15, 0.2) is 0 Å². The van der Waals surface area contributed by atoms with Gasteiger partial charge in [-0.1, -0.05) is 0 Å². The summed E-state index contributed by atoms with van der Waals surface area (Å²) in [6.45, 7) is 0. The number of alkyl halides is 1. The van der Waals surface area contributed by atoms with E-state index in [0.29, 0.717) is 6.42 Å². The smallest absolute Gasteiger partial charge is 0.291 e. The molecular formula is C4H9ClKO4S. The summed E-state index contributed by atoms with van der Waals surface area (Å²) in [4.78, 5) is 0. The minimum absolute atomic E-state index is 0. The number of hydrogen-bond donors (Lipinski definition) is 2. The maximum atomic E-state index is 10.1. The Morgan fingerprint density at radius 1 is 1.45 bits per heavy atom. The van der Waals surface area contributed by atoms with E-state index in [9.17, 15) is 8.42 Å². The largest absolute Gasteiger partial charge is 0.375 e. The van der Waals surface area contributed by atoms with E-state index >= 15 is 0 Å². The van der Waals surface area contributed by atoms with Crippen molar-refractivity contribution in [3.8, 4) is 0 Å². The summed E-state index contributed by atoms with van der Waals surface area (Å²) < 4.78 is 28.4. The second-order valence-corrected chi connectivity index (χ2v) is 3.75. The molecule has 0 saturated heterocycles. The SMILES string of the molecule is O=S(=O)(O)C(O)CCCCl.[K]. The Bertz CT molecular complexity index is 181. The van der Waals surface area contributed by atoms with E-state index < -0.39 is 15.6 Å². The van der Waals surface area contributed by atoms with Gasteiger partial charge in [0.05, 0.1) is 0 Å². The summed E-state index contributed by atoms with van der Waals surface area (Å²) >= 11 is 5.21. The average molecular weight is 228 g/mol. The molecule has 2 N–H and O–H groups in total. The first-order chi connectivity index (χ1) is 4.48. The molecular weight excluding hydrogens is 219 g/mol. The number of hydrogen-bond acceptors (Lipinski definition) is 3. The Hall–Kier alpha value is 1.80. The third-order valence-corrected chi connectivity index (χ3v) is 2.12. The molecule has 4 nitrogen and oxygen atoms in total. The van der Waals surface area contributed by atoms with E-state index in [0.717, 1.165) is 0 Å². The van der Waals surface area contributed by atoms with Crippen LogP contribution in [0.5, 0.6) is 0 Å². The minimum atomic E-state index is -4.28. The molecule has 0 fully saturated rings. The second-order valence-electron chi connectivity index (χ2n) is 1.80. The molecule has 0 spiro atoms. The summed E-state index contributed by atoms with van der Waals surface area (Å²) in [5.74, 6) is 0.270. The number of aliphatic hydroxyl groups is 1. The molecule has 0 heterocycles. The van der Waals surface area contributed by atoms with Gasteiger partial charge in [-0.15, -0.1) is 11.6 Å². The minimum Gasteiger partial charge on any atom is -0.375 e. The van der Waals surface area contributed by atoms with Gasteiger partial charge in [-0.3, -0.25) is 4.55 Å². The van der Waals surface area contributed by atoms with Gasteiger partial charge < -0.3 is 5.11 Å². The van der Waals surface area contributed by atoms with Gasteiger partial charge in [0.1, 0.15) is 0 Å². The van der Waals surface area contributed by atoms with Crippen LogP contribution in [0.2, 0.25) is 0 Å². The van der Waals surface area contributed by atoms with Crippen molar-refractivity contribution in [3.63, 3.8) is 0 Å². The molecule has 1 radical (unpaired) electrons. The van der Waals surface area contributed by atoms with Gasteiger partial charge in [-0.2, -0.15) is 8.42 Å². The van der Waals surface area contributed by atoms with Gasteiger partial charge in [0, 0.05) is 57.3 Å². The van der Waals surface area contributed by atoms with Crippen LogP contribution in [0.3, 0.4) is 0 Å². The van der Waals surface area contributed by atoms with Gasteiger partial charge in [0.15, 0.2) is 5.44 Å². The molecule has 0 saturated carbocycles. The van der Waals surface area contributed by atoms with Crippen molar-refractivity contribution >= 4 is 73.1 Å². The van der Waals surface area contributed by atoms with Gasteiger partial charge in [-0.05, 0) is 12.8 Å². The van der Waals surface area contributed by atoms with Crippen LogP contribution in [0.4, 0.5) is 0 Å². The zero-order chi connectivity index (χ0) is 8.20. The van der Waals surface area contributed by atoms with Crippen molar-refractivity contribution < 1.29 is 18.1 Å². The van der Waals surface area contributed by atoms with Crippen molar-refractivity contribution in [2.24, 2.45) is 0 Å². The van der Waals surface area contributed by atoms with E-state index in [1.807, 2.05) is 0 Å². The first-order valence-corrected chi connectivity index (χ1v) is 4.72. The Morgan fingerprint density at radius 2 is 1.91 bits per heavy atom. The summed E-state index contributed by atoms with van der Waals surface area (Å²) in [5, 5.41) is 8.62. The van der Waals surface area contributed by atoms with Gasteiger partial charge >= 0.3 is 0 Å². The van der Waals surface area contributed by atoms with Crippen LogP contribution >= 0.6 is 11.6 Å². The fourth-order valence-corrected chi connectivity index (χ4v) is 1.02. The normalized spacial score (nSPS) is 13.7. The molecule has 0 bridgehead atoms. The van der Waals surface area contributed by atoms with E-state index in [-0.39, 0.29) is 63.7 Å². The fraction of sp³-hybridized carbons (Fsp3) is 1.00. The topological polar surface area (TPSA) is 74.6 Å². The Labute approximate surface area is 113 Å². The maximum Gasteiger partial charge on any atom is 0.291 e. The van der Waals surface area contributed by atoms with Gasteiger partial charge in [-0.25, -0.2) is 0 Å². The molecule has 11 heavy (non-hydrogen) atoms. The molecule has 1 unspecified atom stereocenters. The van der Waals surface area contributed by atoms with Crippen molar-refractivity contribution in [2.75, 3.05) is 5.88 Å². The molecule has 0 aliphatic carbocycles. The molecule has 0 aromatic heterocycles. The van der Waals surface area contributed by atoms with Crippen LogP contribution in [0, 0.1) is 0 Å². The van der Waals surface area contributed by atoms with Crippen LogP contribution in [-0.2, 0) is 10.1 Å². The molecule has 63 valence electrons. The second kappa shape index (κ2) is 7.22. The summed E-state index contributed by atoms with van der Waals surface area (Å²) in [7, 11) is -4.28. The van der Waals surface area contributed by atoms with Crippen LogP contribution in [0.1, 0.15) is 12.8 Å². The van der Waals surface area contributed by atoms with Crippen molar-refractivity contribution in [1.82, 2.24) is 0 Å². The molecule has 0 rings (SSSR count). The zero-order valence-corrected chi connectivity index (χ0v) is 10.9. The fourth-order valence-electron chi connectivity index (χ4n) is 0.401. The predicted molar refractivity (Wildman–Crippen MR) is 43.3 cm³/mol. The average Bonchev–Trinajstić information content (AvgIpc) is 1.80. The standard InChI is InChI=1S/C4H9ClO4S.K/c5-3-1-2-4(6)10(7,8)9;/h4,6H,1-3H2,(H,7,8,9);. The molecule has 0 aliphatic heterocycles. The summed E-state index contributed by atoms with van der Waals surface area (Å²) in [5.41, 5.74) is -1.69. The van der Waals surface area contributed by atoms with Crippen LogP contribution in [-0.4, -0.2) is 80.8 Å². The third-order valence-electron chi connectivity index (χ3n) is 0.929. The van der Waals surface area contributed by atoms with E-state index in [4.69, 9.17) is 21.3 Å². The Balaban J connectivity index is 0. The van der Waals surface area contributed by atoms with Gasteiger partial charge in [0.2, 0.25) is 0 Å². The zero-order valence-electron chi connectivity index (χ0n) is 6.20. The third kappa shape index (κ3) is 8.14. The van der Waals surface area contributed by atoms with E-state index in [1.165, 1.54) is 0 Å². The Morgan fingerprint density at radius 3 is 2.18 bits per heavy atom. The van der Waals surface area contributed by atoms with Crippen LogP contribution < -0.4 is 0 Å². The summed E-state index contributed by atoms with van der Waals surface area (Å²) in [6, 6.07) is 0. The molecule has 0 amide bonds. The van der Waals surface area contributed by atoms with E-state index in [1.54, 1.807) is 0 Å². The maximum absolute atomic E-state index is 10.1. The van der Waals surface area contributed by atoms with Crippen molar-refractivity contribution in [1.29, 1.82) is 0 Å². The summed E-state index contributed by atoms with van der Waals surface area (Å²) in [6.07, 6.45) is 0.338. The first kappa shape index (κ1) is 15.3.